The molecule has 0 aliphatic rings. The Hall–Kier alpha value is -1.81. The zero-order chi connectivity index (χ0) is 13.8. The Bertz CT molecular complexity index is 538. The smallest absolute Gasteiger partial charge is 0.125 e. The van der Waals surface area contributed by atoms with E-state index in [4.69, 9.17) is 9.84 Å². The van der Waals surface area contributed by atoms with Crippen molar-refractivity contribution >= 4 is 0 Å². The molecule has 2 rings (SSSR count). The number of nitrogens with zero attached hydrogens (tertiary/aromatic N) is 2. The fourth-order valence-electron chi connectivity index (χ4n) is 2.26. The molecule has 0 atom stereocenters. The number of rotatable bonds is 5. The second-order valence-corrected chi connectivity index (χ2v) is 4.76. The van der Waals surface area contributed by atoms with Crippen LogP contribution in [0.1, 0.15) is 22.4 Å². The average molecular weight is 260 g/mol. The van der Waals surface area contributed by atoms with E-state index in [0.717, 1.165) is 34.6 Å². The Labute approximate surface area is 113 Å². The molecule has 0 fully saturated rings. The molecule has 0 aliphatic carbocycles. The van der Waals surface area contributed by atoms with Crippen LogP contribution in [0.2, 0.25) is 0 Å². The van der Waals surface area contributed by atoms with Crippen LogP contribution in [-0.2, 0) is 20.1 Å². The quantitative estimate of drug-likeness (QED) is 0.896. The van der Waals surface area contributed by atoms with E-state index >= 15 is 0 Å². The first-order valence-electron chi connectivity index (χ1n) is 6.42. The van der Waals surface area contributed by atoms with Crippen molar-refractivity contribution in [3.8, 4) is 5.75 Å². The summed E-state index contributed by atoms with van der Waals surface area (Å²) in [4.78, 5) is 0. The highest BCUT2D eigenvalue weighted by molar-refractivity contribution is 5.43. The first-order valence-corrected chi connectivity index (χ1v) is 6.42. The molecule has 4 nitrogen and oxygen atoms in total. The lowest BCUT2D eigenvalue weighted by molar-refractivity contribution is 0.280. The maximum absolute atomic E-state index is 9.16. The van der Waals surface area contributed by atoms with E-state index in [1.165, 1.54) is 0 Å². The zero-order valence-corrected chi connectivity index (χ0v) is 11.7. The third kappa shape index (κ3) is 3.15. The second kappa shape index (κ2) is 5.89. The molecule has 1 aromatic heterocycles. The van der Waals surface area contributed by atoms with Crippen LogP contribution in [0, 0.1) is 13.8 Å². The molecule has 19 heavy (non-hydrogen) atoms. The van der Waals surface area contributed by atoms with Crippen LogP contribution < -0.4 is 4.74 Å². The second-order valence-electron chi connectivity index (χ2n) is 4.76. The normalized spacial score (nSPS) is 10.7. The minimum atomic E-state index is 0.0664. The van der Waals surface area contributed by atoms with Gasteiger partial charge in [-0.15, -0.1) is 0 Å². The molecule has 4 heteroatoms. The van der Waals surface area contributed by atoms with Crippen LogP contribution in [-0.4, -0.2) is 21.5 Å². The predicted molar refractivity (Wildman–Crippen MR) is 74.2 cm³/mol. The van der Waals surface area contributed by atoms with Gasteiger partial charge in [0.2, 0.25) is 0 Å². The Morgan fingerprint density at radius 3 is 2.47 bits per heavy atom. The number of benzene rings is 1. The number of hydrogen-bond donors (Lipinski definition) is 1. The molecular weight excluding hydrogens is 240 g/mol. The van der Waals surface area contributed by atoms with Crippen LogP contribution >= 0.6 is 0 Å². The highest BCUT2D eigenvalue weighted by atomic mass is 16.5. The summed E-state index contributed by atoms with van der Waals surface area (Å²) in [5.74, 6) is 0.916. The third-order valence-corrected chi connectivity index (χ3v) is 3.23. The SMILES string of the molecule is Cc1cc(CO)cc(C)c1OCCc1ccnn1C. The summed E-state index contributed by atoms with van der Waals surface area (Å²) in [7, 11) is 1.93. The van der Waals surface area contributed by atoms with Crippen molar-refractivity contribution in [1.29, 1.82) is 0 Å². The number of aryl methyl sites for hydroxylation is 3. The van der Waals surface area contributed by atoms with Crippen molar-refractivity contribution in [3.63, 3.8) is 0 Å². The number of aliphatic hydroxyl groups is 1. The Morgan fingerprint density at radius 1 is 1.26 bits per heavy atom. The van der Waals surface area contributed by atoms with Gasteiger partial charge in [-0.05, 0) is 36.6 Å². The fraction of sp³-hybridized carbons (Fsp3) is 0.400. The van der Waals surface area contributed by atoms with Crippen LogP contribution in [0.25, 0.3) is 0 Å². The minimum absolute atomic E-state index is 0.0664. The largest absolute Gasteiger partial charge is 0.493 e. The van der Waals surface area contributed by atoms with Gasteiger partial charge in [0.25, 0.3) is 0 Å². The van der Waals surface area contributed by atoms with E-state index in [1.807, 2.05) is 43.8 Å². The molecular formula is C15H20N2O2. The summed E-state index contributed by atoms with van der Waals surface area (Å²) in [5.41, 5.74) is 4.21. The molecule has 2 aromatic rings. The number of hydrogen-bond acceptors (Lipinski definition) is 3. The minimum Gasteiger partial charge on any atom is -0.493 e. The van der Waals surface area contributed by atoms with Gasteiger partial charge in [-0.3, -0.25) is 4.68 Å². The predicted octanol–water partition coefficient (Wildman–Crippen LogP) is 2.15. The molecule has 102 valence electrons. The van der Waals surface area contributed by atoms with Crippen LogP contribution in [0.4, 0.5) is 0 Å². The number of ether oxygens (including phenoxy) is 1. The van der Waals surface area contributed by atoms with Gasteiger partial charge in [-0.25, -0.2) is 0 Å². The molecule has 0 saturated carbocycles. The lowest BCUT2D eigenvalue weighted by Crippen LogP contribution is -2.07. The Morgan fingerprint density at radius 2 is 1.95 bits per heavy atom. The van der Waals surface area contributed by atoms with Gasteiger partial charge < -0.3 is 9.84 Å². The van der Waals surface area contributed by atoms with E-state index in [1.54, 1.807) is 6.20 Å². The zero-order valence-electron chi connectivity index (χ0n) is 11.7. The summed E-state index contributed by atoms with van der Waals surface area (Å²) in [6.07, 6.45) is 2.62. The van der Waals surface area contributed by atoms with Gasteiger partial charge >= 0.3 is 0 Å². The average Bonchev–Trinajstić information content (AvgIpc) is 2.78. The molecule has 0 unspecified atom stereocenters. The number of aliphatic hydroxyl groups excluding tert-OH is 1. The highest BCUT2D eigenvalue weighted by Gasteiger charge is 2.07. The van der Waals surface area contributed by atoms with Crippen molar-refractivity contribution < 1.29 is 9.84 Å². The first kappa shape index (κ1) is 13.6. The monoisotopic (exact) mass is 260 g/mol. The van der Waals surface area contributed by atoms with Gasteiger partial charge in [-0.2, -0.15) is 5.10 Å². The highest BCUT2D eigenvalue weighted by Crippen LogP contribution is 2.25. The van der Waals surface area contributed by atoms with Crippen molar-refractivity contribution in [1.82, 2.24) is 9.78 Å². The van der Waals surface area contributed by atoms with E-state index in [2.05, 4.69) is 5.10 Å². The third-order valence-electron chi connectivity index (χ3n) is 3.23. The van der Waals surface area contributed by atoms with Gasteiger partial charge in [0.05, 0.1) is 13.2 Å². The van der Waals surface area contributed by atoms with Crippen LogP contribution in [0.5, 0.6) is 5.75 Å². The molecule has 1 N–H and O–H groups in total. The lowest BCUT2D eigenvalue weighted by atomic mass is 10.1. The summed E-state index contributed by atoms with van der Waals surface area (Å²) < 4.78 is 7.73. The molecule has 0 radical (unpaired) electrons. The summed E-state index contributed by atoms with van der Waals surface area (Å²) in [6.45, 7) is 4.70. The van der Waals surface area contributed by atoms with E-state index < -0.39 is 0 Å². The molecule has 0 amide bonds. The molecule has 1 heterocycles. The standard InChI is InChI=1S/C15H20N2O2/c1-11-8-13(10-18)9-12(2)15(11)19-7-5-14-4-6-16-17(14)3/h4,6,8-9,18H,5,7,10H2,1-3H3. The maximum atomic E-state index is 9.16. The van der Waals surface area contributed by atoms with E-state index in [-0.39, 0.29) is 6.61 Å². The van der Waals surface area contributed by atoms with Crippen molar-refractivity contribution in [2.24, 2.45) is 7.05 Å². The van der Waals surface area contributed by atoms with Gasteiger partial charge in [-0.1, -0.05) is 12.1 Å². The van der Waals surface area contributed by atoms with Crippen molar-refractivity contribution in [3.05, 3.63) is 46.8 Å². The molecule has 0 spiro atoms. The molecule has 0 aliphatic heterocycles. The molecule has 0 bridgehead atoms. The maximum Gasteiger partial charge on any atom is 0.125 e. The first-order chi connectivity index (χ1) is 9.11. The lowest BCUT2D eigenvalue weighted by Gasteiger charge is -2.13. The topological polar surface area (TPSA) is 47.3 Å². The summed E-state index contributed by atoms with van der Waals surface area (Å²) in [6, 6.07) is 5.93. The van der Waals surface area contributed by atoms with Crippen molar-refractivity contribution in [2.75, 3.05) is 6.61 Å². The Balaban J connectivity index is 2.02. The summed E-state index contributed by atoms with van der Waals surface area (Å²) >= 11 is 0. The van der Waals surface area contributed by atoms with Gasteiger partial charge in [0, 0.05) is 25.4 Å². The van der Waals surface area contributed by atoms with Crippen LogP contribution in [0.15, 0.2) is 24.4 Å². The Kier molecular flexibility index (Phi) is 4.22. The van der Waals surface area contributed by atoms with Gasteiger partial charge in [0.15, 0.2) is 0 Å². The van der Waals surface area contributed by atoms with E-state index in [0.29, 0.717) is 6.61 Å². The van der Waals surface area contributed by atoms with E-state index in [9.17, 15) is 0 Å². The van der Waals surface area contributed by atoms with Crippen LogP contribution in [0.3, 0.4) is 0 Å². The fourth-order valence-corrected chi connectivity index (χ4v) is 2.26. The number of aromatic nitrogens is 2. The summed E-state index contributed by atoms with van der Waals surface area (Å²) in [5, 5.41) is 13.3. The molecule has 1 aromatic carbocycles. The van der Waals surface area contributed by atoms with Crippen molar-refractivity contribution in [2.45, 2.75) is 26.9 Å². The van der Waals surface area contributed by atoms with Gasteiger partial charge in [0.1, 0.15) is 5.75 Å². The molecule has 0 saturated heterocycles.